The minimum absolute atomic E-state index is 0.160. The second-order valence-corrected chi connectivity index (χ2v) is 11.2. The van der Waals surface area contributed by atoms with E-state index in [1.807, 2.05) is 12.1 Å². The molecule has 8 heteroatoms. The fraction of sp³-hybridized carbons (Fsp3) is 0.448. The van der Waals surface area contributed by atoms with Crippen LogP contribution in [0.5, 0.6) is 11.5 Å². The predicted octanol–water partition coefficient (Wildman–Crippen LogP) is 3.14. The number of hydrogen-bond acceptors (Lipinski definition) is 8. The number of nitrogens with zero attached hydrogens (tertiary/aromatic N) is 4. The Morgan fingerprint density at radius 1 is 0.703 bits per heavy atom. The van der Waals surface area contributed by atoms with E-state index in [2.05, 4.69) is 72.1 Å². The fourth-order valence-corrected chi connectivity index (χ4v) is 8.47. The molecule has 9 bridgehead atoms. The molecule has 2 saturated heterocycles. The molecule has 7 rings (SSSR count). The van der Waals surface area contributed by atoms with Crippen molar-refractivity contribution in [1.82, 2.24) is 9.80 Å². The first-order valence-corrected chi connectivity index (χ1v) is 13.1. The van der Waals surface area contributed by atoms with E-state index in [1.54, 1.807) is 0 Å². The van der Waals surface area contributed by atoms with Gasteiger partial charge in [-0.3, -0.25) is 9.80 Å². The topological polar surface area (TPSA) is 65.6 Å². The van der Waals surface area contributed by atoms with Crippen molar-refractivity contribution in [3.8, 4) is 11.5 Å². The molecule has 0 aliphatic carbocycles. The standard InChI is InChI=1S/C29H32N4O4/c1-30-13-11-21-19-15-17-5-7-23(19)32(3)27(30)29(21)22-12-14-31(2)28(29)33(4)24-8-6-18(16-20(22)24)37-26(35)10-9-25(34)36-17/h5-10,15-16,21-22,27-28H,11-14H2,1-4H3/b10-9-. The number of hydrogen-bond donors (Lipinski definition) is 0. The van der Waals surface area contributed by atoms with Crippen molar-refractivity contribution in [1.29, 1.82) is 0 Å². The van der Waals surface area contributed by atoms with Gasteiger partial charge in [-0.05, 0) is 74.5 Å². The van der Waals surface area contributed by atoms with Gasteiger partial charge in [0, 0.05) is 62.5 Å². The van der Waals surface area contributed by atoms with Crippen LogP contribution in [0.15, 0.2) is 48.6 Å². The lowest BCUT2D eigenvalue weighted by atomic mass is 9.50. The molecule has 0 saturated carbocycles. The maximum atomic E-state index is 12.6. The average molecular weight is 501 g/mol. The number of rotatable bonds is 0. The largest absolute Gasteiger partial charge is 0.423 e. The van der Waals surface area contributed by atoms with Crippen molar-refractivity contribution < 1.29 is 19.1 Å². The summed E-state index contributed by atoms with van der Waals surface area (Å²) in [6.07, 6.45) is 4.64. The number of ether oxygens (including phenoxy) is 2. The van der Waals surface area contributed by atoms with Gasteiger partial charge < -0.3 is 19.3 Å². The van der Waals surface area contributed by atoms with Crippen LogP contribution < -0.4 is 19.3 Å². The van der Waals surface area contributed by atoms with Gasteiger partial charge in [0.25, 0.3) is 0 Å². The number of esters is 2. The summed E-state index contributed by atoms with van der Waals surface area (Å²) >= 11 is 0. The van der Waals surface area contributed by atoms with Gasteiger partial charge in [-0.1, -0.05) is 0 Å². The molecule has 4 unspecified atom stereocenters. The second kappa shape index (κ2) is 7.82. The maximum absolute atomic E-state index is 12.6. The summed E-state index contributed by atoms with van der Waals surface area (Å²) in [7, 11) is 8.90. The molecule has 0 N–H and O–H groups in total. The Morgan fingerprint density at radius 2 is 1.14 bits per heavy atom. The molecule has 1 spiro atoms. The van der Waals surface area contributed by atoms with Crippen LogP contribution >= 0.6 is 0 Å². The van der Waals surface area contributed by atoms with E-state index in [9.17, 15) is 9.59 Å². The van der Waals surface area contributed by atoms with E-state index in [0.29, 0.717) is 11.5 Å². The first-order chi connectivity index (χ1) is 17.8. The van der Waals surface area contributed by atoms with Crippen LogP contribution in [0.3, 0.4) is 0 Å². The SMILES string of the molecule is CN1CCC2c3cc4ccc3N(C)C1C21C2CCN(C)C1N(C)c1ccc(cc12)OC(=O)/C=C\C(=O)O4. The number of benzene rings is 2. The average Bonchev–Trinajstić information content (AvgIpc) is 2.86. The maximum Gasteiger partial charge on any atom is 0.336 e. The number of piperidine rings is 2. The Balaban J connectivity index is 1.55. The van der Waals surface area contributed by atoms with Gasteiger partial charge in [0.15, 0.2) is 0 Å². The summed E-state index contributed by atoms with van der Waals surface area (Å²) in [4.78, 5) is 35.0. The lowest BCUT2D eigenvalue weighted by Gasteiger charge is -2.71. The molecule has 2 aromatic rings. The third-order valence-electron chi connectivity index (χ3n) is 9.51. The zero-order chi connectivity index (χ0) is 25.6. The zero-order valence-electron chi connectivity index (χ0n) is 21.7. The monoisotopic (exact) mass is 500 g/mol. The van der Waals surface area contributed by atoms with Crippen LogP contribution in [0.1, 0.15) is 35.8 Å². The highest BCUT2D eigenvalue weighted by Gasteiger charge is 2.68. The van der Waals surface area contributed by atoms with E-state index in [4.69, 9.17) is 9.47 Å². The molecule has 5 aliphatic rings. The first-order valence-electron chi connectivity index (χ1n) is 13.1. The van der Waals surface area contributed by atoms with Gasteiger partial charge in [-0.2, -0.15) is 0 Å². The number of likely N-dealkylation sites (tertiary alicyclic amines) is 2. The van der Waals surface area contributed by atoms with Crippen LogP contribution in [-0.2, 0) is 9.59 Å². The molecule has 37 heavy (non-hydrogen) atoms. The van der Waals surface area contributed by atoms with Gasteiger partial charge in [0.05, 0.1) is 17.7 Å². The highest BCUT2D eigenvalue weighted by atomic mass is 16.5. The number of fused-ring (bicyclic) bond motifs is 2. The molecule has 2 fully saturated rings. The third kappa shape index (κ3) is 2.97. The van der Waals surface area contributed by atoms with Gasteiger partial charge in [-0.15, -0.1) is 0 Å². The van der Waals surface area contributed by atoms with Crippen LogP contribution in [-0.4, -0.2) is 75.4 Å². The highest BCUT2D eigenvalue weighted by molar-refractivity contribution is 5.93. The number of carbonyl (C=O) groups excluding carboxylic acids is 2. The first kappa shape index (κ1) is 22.8. The Kier molecular flexibility index (Phi) is 4.82. The summed E-state index contributed by atoms with van der Waals surface area (Å²) in [6, 6.07) is 12.0. The second-order valence-electron chi connectivity index (χ2n) is 11.2. The lowest BCUT2D eigenvalue weighted by Crippen LogP contribution is -2.77. The van der Waals surface area contributed by atoms with Crippen molar-refractivity contribution in [2.45, 2.75) is 37.0 Å². The zero-order valence-corrected chi connectivity index (χ0v) is 21.7. The molecular weight excluding hydrogens is 468 g/mol. The summed E-state index contributed by atoms with van der Waals surface area (Å²) in [6.45, 7) is 1.98. The third-order valence-corrected chi connectivity index (χ3v) is 9.51. The van der Waals surface area contributed by atoms with E-state index < -0.39 is 11.9 Å². The van der Waals surface area contributed by atoms with Crippen molar-refractivity contribution in [3.05, 3.63) is 59.7 Å². The van der Waals surface area contributed by atoms with Crippen LogP contribution in [0.25, 0.3) is 0 Å². The molecule has 192 valence electrons. The van der Waals surface area contributed by atoms with Gasteiger partial charge >= 0.3 is 11.9 Å². The molecule has 5 aliphatic heterocycles. The van der Waals surface area contributed by atoms with Crippen LogP contribution in [0.2, 0.25) is 0 Å². The molecule has 4 atom stereocenters. The Labute approximate surface area is 217 Å². The highest BCUT2D eigenvalue weighted by Crippen LogP contribution is 2.68. The fourth-order valence-electron chi connectivity index (χ4n) is 8.47. The normalized spacial score (nSPS) is 33.5. The van der Waals surface area contributed by atoms with Gasteiger partial charge in [-0.25, -0.2) is 9.59 Å². The van der Waals surface area contributed by atoms with Gasteiger partial charge in [0.1, 0.15) is 11.5 Å². The summed E-state index contributed by atoms with van der Waals surface area (Å²) < 4.78 is 11.3. The van der Waals surface area contributed by atoms with E-state index >= 15 is 0 Å². The minimum Gasteiger partial charge on any atom is -0.423 e. The van der Waals surface area contributed by atoms with Crippen LogP contribution in [0.4, 0.5) is 11.4 Å². The molecule has 2 aromatic carbocycles. The quantitative estimate of drug-likeness (QED) is 0.404. The Bertz CT molecular complexity index is 1250. The van der Waals surface area contributed by atoms with E-state index in [-0.39, 0.29) is 29.6 Å². The number of anilines is 2. The van der Waals surface area contributed by atoms with Crippen molar-refractivity contribution in [3.63, 3.8) is 0 Å². The molecule has 5 heterocycles. The Morgan fingerprint density at radius 3 is 1.57 bits per heavy atom. The Hall–Kier alpha value is -3.36. The number of carbonyl (C=O) groups is 2. The molecular formula is C29H32N4O4. The van der Waals surface area contributed by atoms with Gasteiger partial charge in [0.2, 0.25) is 0 Å². The molecule has 8 nitrogen and oxygen atoms in total. The molecule has 0 amide bonds. The van der Waals surface area contributed by atoms with Crippen molar-refractivity contribution in [2.75, 3.05) is 51.1 Å². The predicted molar refractivity (Wildman–Crippen MR) is 140 cm³/mol. The summed E-state index contributed by atoms with van der Waals surface area (Å²) in [5, 5.41) is 0. The summed E-state index contributed by atoms with van der Waals surface area (Å²) in [5.41, 5.74) is 4.69. The van der Waals surface area contributed by atoms with Crippen LogP contribution in [0, 0.1) is 5.41 Å². The summed E-state index contributed by atoms with van der Waals surface area (Å²) in [5.74, 6) is 0.334. The molecule has 0 radical (unpaired) electrons. The minimum atomic E-state index is -0.597. The molecule has 0 aromatic heterocycles. The smallest absolute Gasteiger partial charge is 0.336 e. The van der Waals surface area contributed by atoms with E-state index in [1.165, 1.54) is 22.5 Å². The van der Waals surface area contributed by atoms with Crippen molar-refractivity contribution >= 4 is 23.3 Å². The lowest BCUT2D eigenvalue weighted by molar-refractivity contribution is -0.131. The van der Waals surface area contributed by atoms with Crippen molar-refractivity contribution in [2.24, 2.45) is 5.41 Å². The van der Waals surface area contributed by atoms with E-state index in [0.717, 1.165) is 38.1 Å².